The molecule has 0 radical (unpaired) electrons. The van der Waals surface area contributed by atoms with Crippen molar-refractivity contribution in [3.63, 3.8) is 0 Å². The second-order valence-corrected chi connectivity index (χ2v) is 22.1. The molecule has 8 nitrogen and oxygen atoms in total. The standard InChI is InChI=1S/C62H112NO7P/c1-6-8-10-12-14-16-18-20-22-24-26-28-30-32-33-35-37-39-41-43-45-47-49-51-53-55-62(64)70-61(60-69-71(65,66)68-58-56-63(3,4)5)59-67-57-54-52-50-48-46-44-42-40-38-36-34-31-29-27-25-23-21-19-17-15-13-11-9-7-2/h8,10,14,16,19-22,25-28,31,34,61H,6-7,9,11-13,15,17-18,23-24,29-30,32-33,35-60H2,1-5H3/p+1/b10-8-,16-14-,21-19-,22-20-,27-25-,28-26-,34-31-. The third-order valence-corrected chi connectivity index (χ3v) is 13.4. The largest absolute Gasteiger partial charge is 0.472 e. The van der Waals surface area contributed by atoms with E-state index in [4.69, 9.17) is 18.5 Å². The Morgan fingerprint density at radius 1 is 0.451 bits per heavy atom. The summed E-state index contributed by atoms with van der Waals surface area (Å²) in [5.41, 5.74) is 0. The molecule has 0 aromatic rings. The highest BCUT2D eigenvalue weighted by molar-refractivity contribution is 7.47. The number of nitrogens with zero attached hydrogens (tertiary/aromatic N) is 1. The SMILES string of the molecule is CC/C=C\C/C=C\C/C=C\C/C=C\CCCCCCCCCCCCCCC(=O)OC(COCCCCCCCCCCC/C=C\C/C=C\C/C=C\CCCCCCC)COP(=O)(O)OCC[N+](C)(C)C. The zero-order valence-electron chi connectivity index (χ0n) is 46.9. The van der Waals surface area contributed by atoms with E-state index in [-0.39, 0.29) is 25.8 Å². The Bertz CT molecular complexity index is 1410. The zero-order valence-corrected chi connectivity index (χ0v) is 47.8. The van der Waals surface area contributed by atoms with E-state index in [0.29, 0.717) is 24.1 Å². The maximum absolute atomic E-state index is 12.8. The number of rotatable bonds is 54. The summed E-state index contributed by atoms with van der Waals surface area (Å²) in [6.45, 7) is 5.50. The van der Waals surface area contributed by atoms with Crippen LogP contribution in [0.4, 0.5) is 0 Å². The number of carbonyl (C=O) groups is 1. The first-order valence-corrected chi connectivity index (χ1v) is 30.8. The third-order valence-electron chi connectivity index (χ3n) is 12.4. The number of hydrogen-bond acceptors (Lipinski definition) is 6. The summed E-state index contributed by atoms with van der Waals surface area (Å²) in [6, 6.07) is 0. The normalized spacial score (nSPS) is 14.1. The van der Waals surface area contributed by atoms with Crippen molar-refractivity contribution in [1.29, 1.82) is 0 Å². The van der Waals surface area contributed by atoms with E-state index in [9.17, 15) is 14.3 Å². The van der Waals surface area contributed by atoms with Crippen molar-refractivity contribution in [2.45, 2.75) is 251 Å². The predicted octanol–water partition coefficient (Wildman–Crippen LogP) is 18.7. The van der Waals surface area contributed by atoms with E-state index >= 15 is 0 Å². The molecule has 2 atom stereocenters. The van der Waals surface area contributed by atoms with Gasteiger partial charge >= 0.3 is 13.8 Å². The molecule has 0 aromatic heterocycles. The molecule has 0 rings (SSSR count). The summed E-state index contributed by atoms with van der Waals surface area (Å²) in [5, 5.41) is 0. The average molecular weight is 1020 g/mol. The lowest BCUT2D eigenvalue weighted by atomic mass is 10.0. The molecule has 0 aliphatic carbocycles. The number of hydrogen-bond donors (Lipinski definition) is 1. The minimum absolute atomic E-state index is 0.0837. The fourth-order valence-electron chi connectivity index (χ4n) is 7.96. The molecule has 1 N–H and O–H groups in total. The predicted molar refractivity (Wildman–Crippen MR) is 307 cm³/mol. The number of ether oxygens (including phenoxy) is 2. The Morgan fingerprint density at radius 3 is 1.23 bits per heavy atom. The zero-order chi connectivity index (χ0) is 51.9. The number of carbonyl (C=O) groups excluding carboxylic acids is 1. The van der Waals surface area contributed by atoms with Crippen LogP contribution in [0.3, 0.4) is 0 Å². The topological polar surface area (TPSA) is 91.3 Å². The summed E-state index contributed by atoms with van der Waals surface area (Å²) in [5.74, 6) is -0.318. The van der Waals surface area contributed by atoms with Crippen LogP contribution in [0.25, 0.3) is 0 Å². The molecule has 0 bridgehead atoms. The van der Waals surface area contributed by atoms with Gasteiger partial charge < -0.3 is 18.9 Å². The molecule has 0 spiro atoms. The van der Waals surface area contributed by atoms with E-state index in [1.165, 1.54) is 154 Å². The van der Waals surface area contributed by atoms with Crippen LogP contribution in [0, 0.1) is 0 Å². The van der Waals surface area contributed by atoms with Crippen LogP contribution in [0.2, 0.25) is 0 Å². The van der Waals surface area contributed by atoms with Crippen LogP contribution in [-0.2, 0) is 27.9 Å². The number of quaternary nitrogens is 1. The maximum Gasteiger partial charge on any atom is 0.472 e. The molecule has 71 heavy (non-hydrogen) atoms. The number of unbranched alkanes of at least 4 members (excludes halogenated alkanes) is 26. The average Bonchev–Trinajstić information content (AvgIpc) is 3.33. The third kappa shape index (κ3) is 58.4. The first kappa shape index (κ1) is 68.7. The van der Waals surface area contributed by atoms with Crippen molar-refractivity contribution < 1.29 is 37.3 Å². The van der Waals surface area contributed by atoms with E-state index in [1.54, 1.807) is 0 Å². The monoisotopic (exact) mass is 1010 g/mol. The molecule has 412 valence electrons. The molecule has 0 aliphatic heterocycles. The Kier molecular flexibility index (Phi) is 52.2. The van der Waals surface area contributed by atoms with Crippen molar-refractivity contribution in [1.82, 2.24) is 0 Å². The van der Waals surface area contributed by atoms with Gasteiger partial charge in [0.15, 0.2) is 0 Å². The summed E-state index contributed by atoms with van der Waals surface area (Å²) < 4.78 is 35.3. The van der Waals surface area contributed by atoms with Crippen LogP contribution in [0.1, 0.15) is 245 Å². The molecule has 0 aromatic carbocycles. The lowest BCUT2D eigenvalue weighted by Crippen LogP contribution is -2.37. The van der Waals surface area contributed by atoms with Gasteiger partial charge in [-0.05, 0) is 89.9 Å². The Morgan fingerprint density at radius 2 is 0.817 bits per heavy atom. The van der Waals surface area contributed by atoms with E-state index in [2.05, 4.69) is 98.9 Å². The number of phosphoric acid groups is 1. The molecule has 2 unspecified atom stereocenters. The Hall–Kier alpha value is -2.32. The fourth-order valence-corrected chi connectivity index (χ4v) is 8.71. The summed E-state index contributed by atoms with van der Waals surface area (Å²) >= 11 is 0. The van der Waals surface area contributed by atoms with E-state index in [0.717, 1.165) is 70.6 Å². The number of phosphoric ester groups is 1. The second-order valence-electron chi connectivity index (χ2n) is 20.6. The maximum atomic E-state index is 12.8. The molecular formula is C62H113NO7P+. The van der Waals surface area contributed by atoms with E-state index in [1.807, 2.05) is 21.1 Å². The lowest BCUT2D eigenvalue weighted by molar-refractivity contribution is -0.870. The van der Waals surface area contributed by atoms with Gasteiger partial charge in [0.1, 0.15) is 19.3 Å². The van der Waals surface area contributed by atoms with Crippen molar-refractivity contribution in [2.75, 3.05) is 54.1 Å². The highest BCUT2D eigenvalue weighted by atomic mass is 31.2. The lowest BCUT2D eigenvalue weighted by Gasteiger charge is -2.24. The van der Waals surface area contributed by atoms with Gasteiger partial charge in [-0.3, -0.25) is 13.8 Å². The van der Waals surface area contributed by atoms with Crippen molar-refractivity contribution >= 4 is 13.8 Å². The second kappa shape index (κ2) is 54.0. The van der Waals surface area contributed by atoms with Crippen LogP contribution in [-0.4, -0.2) is 75.6 Å². The summed E-state index contributed by atoms with van der Waals surface area (Å²) in [7, 11) is 1.66. The van der Waals surface area contributed by atoms with Crippen LogP contribution < -0.4 is 0 Å². The number of esters is 1. The fraction of sp³-hybridized carbons (Fsp3) is 0.758. The smallest absolute Gasteiger partial charge is 0.457 e. The van der Waals surface area contributed by atoms with Gasteiger partial charge in [0.05, 0.1) is 34.4 Å². The van der Waals surface area contributed by atoms with Gasteiger partial charge in [-0.25, -0.2) is 4.57 Å². The Balaban J connectivity index is 4.10. The minimum Gasteiger partial charge on any atom is -0.457 e. The van der Waals surface area contributed by atoms with Crippen LogP contribution >= 0.6 is 7.82 Å². The molecule has 0 fully saturated rings. The van der Waals surface area contributed by atoms with Crippen molar-refractivity contribution in [3.8, 4) is 0 Å². The quantitative estimate of drug-likeness (QED) is 0.0213. The van der Waals surface area contributed by atoms with Crippen LogP contribution in [0.15, 0.2) is 85.1 Å². The summed E-state index contributed by atoms with van der Waals surface area (Å²) in [4.78, 5) is 23.1. The van der Waals surface area contributed by atoms with Crippen molar-refractivity contribution in [2.24, 2.45) is 0 Å². The molecule has 0 saturated carbocycles. The molecule has 0 heterocycles. The highest BCUT2D eigenvalue weighted by Crippen LogP contribution is 2.43. The van der Waals surface area contributed by atoms with Gasteiger partial charge in [-0.1, -0.05) is 234 Å². The van der Waals surface area contributed by atoms with Crippen LogP contribution in [0.5, 0.6) is 0 Å². The van der Waals surface area contributed by atoms with E-state index < -0.39 is 13.9 Å². The van der Waals surface area contributed by atoms with Crippen molar-refractivity contribution in [3.05, 3.63) is 85.1 Å². The molecular weight excluding hydrogens is 902 g/mol. The minimum atomic E-state index is -4.29. The van der Waals surface area contributed by atoms with Gasteiger partial charge in [0.2, 0.25) is 0 Å². The van der Waals surface area contributed by atoms with Gasteiger partial charge in [-0.15, -0.1) is 0 Å². The first-order chi connectivity index (χ1) is 34.6. The van der Waals surface area contributed by atoms with Gasteiger partial charge in [-0.2, -0.15) is 0 Å². The number of likely N-dealkylation sites (N-methyl/N-ethyl adjacent to an activating group) is 1. The van der Waals surface area contributed by atoms with Gasteiger partial charge in [0, 0.05) is 13.0 Å². The first-order valence-electron chi connectivity index (χ1n) is 29.3. The number of allylic oxidation sites excluding steroid dienone is 14. The summed E-state index contributed by atoms with van der Waals surface area (Å²) in [6.07, 6.45) is 73.6. The molecule has 0 saturated heterocycles. The highest BCUT2D eigenvalue weighted by Gasteiger charge is 2.26. The molecule has 0 amide bonds. The molecule has 9 heteroatoms. The molecule has 0 aliphatic rings. The Labute approximate surface area is 439 Å². The van der Waals surface area contributed by atoms with Gasteiger partial charge in [0.25, 0.3) is 0 Å².